The lowest BCUT2D eigenvalue weighted by atomic mass is 10.1. The number of hydrogen-bond donors (Lipinski definition) is 4. The van der Waals surface area contributed by atoms with E-state index in [9.17, 15) is 20.1 Å². The van der Waals surface area contributed by atoms with E-state index in [4.69, 9.17) is 0 Å². The Labute approximate surface area is 260 Å². The topological polar surface area (TPSA) is 89.8 Å². The van der Waals surface area contributed by atoms with E-state index in [1.54, 1.807) is 6.08 Å². The molecule has 3 unspecified atom stereocenters. The molecular weight excluding hydrogens is 522 g/mol. The second kappa shape index (κ2) is 32.5. The van der Waals surface area contributed by atoms with Crippen molar-refractivity contribution in [3.05, 3.63) is 36.5 Å². The second-order valence-corrected chi connectivity index (χ2v) is 12.1. The molecule has 0 radical (unpaired) electrons. The van der Waals surface area contributed by atoms with Crippen molar-refractivity contribution >= 4 is 5.91 Å². The van der Waals surface area contributed by atoms with Crippen molar-refractivity contribution in [1.82, 2.24) is 5.32 Å². The lowest BCUT2D eigenvalue weighted by Crippen LogP contribution is -2.45. The van der Waals surface area contributed by atoms with Gasteiger partial charge in [-0.15, -0.1) is 0 Å². The van der Waals surface area contributed by atoms with Crippen LogP contribution in [0.5, 0.6) is 0 Å². The smallest absolute Gasteiger partial charge is 0.222 e. The fourth-order valence-corrected chi connectivity index (χ4v) is 5.11. The molecular formula is C37H69NO4. The van der Waals surface area contributed by atoms with Gasteiger partial charge in [0.15, 0.2) is 0 Å². The fourth-order valence-electron chi connectivity index (χ4n) is 5.11. The van der Waals surface area contributed by atoms with E-state index in [0.717, 1.165) is 51.4 Å². The minimum Gasteiger partial charge on any atom is -0.394 e. The van der Waals surface area contributed by atoms with Gasteiger partial charge in [0.05, 0.1) is 31.3 Å². The Kier molecular flexibility index (Phi) is 31.4. The average Bonchev–Trinajstić information content (AvgIpc) is 2.98. The van der Waals surface area contributed by atoms with E-state index in [2.05, 4.69) is 43.5 Å². The molecule has 0 aromatic rings. The first-order chi connectivity index (χ1) is 20.5. The van der Waals surface area contributed by atoms with E-state index in [-0.39, 0.29) is 18.9 Å². The SMILES string of the molecule is CCCCC/C=C\CCCCCC(O)CC(=O)NC(CO)C(O)/C=C/CC/C=C/CCCCCCCCCCCCC. The summed E-state index contributed by atoms with van der Waals surface area (Å²) < 4.78 is 0. The van der Waals surface area contributed by atoms with Crippen molar-refractivity contribution in [2.75, 3.05) is 6.61 Å². The molecule has 246 valence electrons. The molecule has 0 aliphatic rings. The number of aliphatic hydroxyl groups excluding tert-OH is 3. The van der Waals surface area contributed by atoms with E-state index in [1.807, 2.05) is 6.08 Å². The normalized spacial score (nSPS) is 14.3. The van der Waals surface area contributed by atoms with E-state index < -0.39 is 18.2 Å². The number of aliphatic hydroxyl groups is 3. The van der Waals surface area contributed by atoms with Crippen molar-refractivity contribution in [2.45, 2.75) is 186 Å². The number of hydrogen-bond acceptors (Lipinski definition) is 4. The second-order valence-electron chi connectivity index (χ2n) is 12.1. The van der Waals surface area contributed by atoms with Gasteiger partial charge in [0, 0.05) is 0 Å². The Morgan fingerprint density at radius 2 is 1.02 bits per heavy atom. The van der Waals surface area contributed by atoms with Crippen LogP contribution in [-0.2, 0) is 4.79 Å². The summed E-state index contributed by atoms with van der Waals surface area (Å²) in [6.07, 6.45) is 38.4. The zero-order valence-electron chi connectivity index (χ0n) is 27.6. The summed E-state index contributed by atoms with van der Waals surface area (Å²) >= 11 is 0. The van der Waals surface area contributed by atoms with Crippen LogP contribution in [-0.4, -0.2) is 46.1 Å². The number of amides is 1. The summed E-state index contributed by atoms with van der Waals surface area (Å²) in [5.74, 6) is -0.339. The van der Waals surface area contributed by atoms with Gasteiger partial charge in [-0.1, -0.05) is 140 Å². The molecule has 1 amide bonds. The summed E-state index contributed by atoms with van der Waals surface area (Å²) in [6.45, 7) is 4.14. The molecule has 0 saturated carbocycles. The summed E-state index contributed by atoms with van der Waals surface area (Å²) in [5, 5.41) is 32.9. The lowest BCUT2D eigenvalue weighted by Gasteiger charge is -2.20. The molecule has 0 heterocycles. The maximum atomic E-state index is 12.3. The van der Waals surface area contributed by atoms with Crippen LogP contribution >= 0.6 is 0 Å². The maximum absolute atomic E-state index is 12.3. The van der Waals surface area contributed by atoms with Crippen LogP contribution in [0, 0.1) is 0 Å². The minimum absolute atomic E-state index is 0.00577. The van der Waals surface area contributed by atoms with E-state index >= 15 is 0 Å². The molecule has 5 nitrogen and oxygen atoms in total. The zero-order valence-corrected chi connectivity index (χ0v) is 27.6. The van der Waals surface area contributed by atoms with E-state index in [1.165, 1.54) is 89.9 Å². The minimum atomic E-state index is -0.952. The highest BCUT2D eigenvalue weighted by molar-refractivity contribution is 5.76. The van der Waals surface area contributed by atoms with Crippen LogP contribution in [0.25, 0.3) is 0 Å². The molecule has 0 aliphatic heterocycles. The fraction of sp³-hybridized carbons (Fsp3) is 0.811. The first-order valence-electron chi connectivity index (χ1n) is 17.8. The van der Waals surface area contributed by atoms with E-state index in [0.29, 0.717) is 6.42 Å². The predicted octanol–water partition coefficient (Wildman–Crippen LogP) is 9.26. The predicted molar refractivity (Wildman–Crippen MR) is 181 cm³/mol. The van der Waals surface area contributed by atoms with Crippen LogP contribution in [0.15, 0.2) is 36.5 Å². The van der Waals surface area contributed by atoms with Crippen molar-refractivity contribution in [3.8, 4) is 0 Å². The number of rotatable bonds is 31. The summed E-state index contributed by atoms with van der Waals surface area (Å²) in [5.41, 5.74) is 0. The third-order valence-electron chi connectivity index (χ3n) is 7.90. The molecule has 0 saturated heterocycles. The van der Waals surface area contributed by atoms with Crippen LogP contribution in [0.4, 0.5) is 0 Å². The Hall–Kier alpha value is -1.43. The van der Waals surface area contributed by atoms with Gasteiger partial charge in [0.25, 0.3) is 0 Å². The third-order valence-corrected chi connectivity index (χ3v) is 7.90. The highest BCUT2D eigenvalue weighted by Crippen LogP contribution is 2.13. The van der Waals surface area contributed by atoms with Crippen molar-refractivity contribution in [3.63, 3.8) is 0 Å². The van der Waals surface area contributed by atoms with Crippen LogP contribution in [0.2, 0.25) is 0 Å². The highest BCUT2D eigenvalue weighted by Gasteiger charge is 2.20. The number of allylic oxidation sites excluding steroid dienone is 5. The summed E-state index contributed by atoms with van der Waals surface area (Å²) in [6, 6.07) is -0.762. The molecule has 0 aromatic carbocycles. The standard InChI is InChI=1S/C37H69NO4/c1-3-5-7-9-11-13-15-16-17-18-19-20-21-23-25-27-29-31-36(41)35(33-39)38-37(42)32-34(40)30-28-26-24-22-14-12-10-8-6-4-2/h12,14,21,23,29,31,34-36,39-41H,3-11,13,15-20,22,24-28,30,32-33H2,1-2H3,(H,38,42)/b14-12-,23-21+,31-29+. The van der Waals surface area contributed by atoms with Gasteiger partial charge in [0.1, 0.15) is 0 Å². The van der Waals surface area contributed by atoms with Gasteiger partial charge in [-0.3, -0.25) is 4.79 Å². The lowest BCUT2D eigenvalue weighted by molar-refractivity contribution is -0.124. The van der Waals surface area contributed by atoms with Crippen molar-refractivity contribution < 1.29 is 20.1 Å². The molecule has 3 atom stereocenters. The number of unbranched alkanes of at least 4 members (excludes halogenated alkanes) is 18. The summed E-state index contributed by atoms with van der Waals surface area (Å²) in [4.78, 5) is 12.3. The largest absolute Gasteiger partial charge is 0.394 e. The number of nitrogens with one attached hydrogen (secondary N) is 1. The molecule has 0 spiro atoms. The highest BCUT2D eigenvalue weighted by atomic mass is 16.3. The van der Waals surface area contributed by atoms with Crippen LogP contribution in [0.1, 0.15) is 168 Å². The van der Waals surface area contributed by atoms with Crippen molar-refractivity contribution in [1.29, 1.82) is 0 Å². The van der Waals surface area contributed by atoms with Gasteiger partial charge in [-0.25, -0.2) is 0 Å². The zero-order chi connectivity index (χ0) is 30.9. The molecule has 42 heavy (non-hydrogen) atoms. The number of carbonyl (C=O) groups is 1. The van der Waals surface area contributed by atoms with Crippen LogP contribution in [0.3, 0.4) is 0 Å². The van der Waals surface area contributed by atoms with Gasteiger partial charge in [-0.2, -0.15) is 0 Å². The average molecular weight is 592 g/mol. The Balaban J connectivity index is 3.82. The molecule has 0 aliphatic carbocycles. The molecule has 0 rings (SSSR count). The van der Waals surface area contributed by atoms with Gasteiger partial charge in [-0.05, 0) is 57.8 Å². The van der Waals surface area contributed by atoms with Gasteiger partial charge >= 0.3 is 0 Å². The van der Waals surface area contributed by atoms with Crippen LogP contribution < -0.4 is 5.32 Å². The molecule has 5 heteroatoms. The maximum Gasteiger partial charge on any atom is 0.222 e. The molecule has 0 fully saturated rings. The Morgan fingerprint density at radius 1 is 0.595 bits per heavy atom. The van der Waals surface area contributed by atoms with Gasteiger partial charge < -0.3 is 20.6 Å². The molecule has 0 aromatic heterocycles. The third kappa shape index (κ3) is 28.7. The quantitative estimate of drug-likeness (QED) is 0.0478. The first-order valence-corrected chi connectivity index (χ1v) is 17.8. The van der Waals surface area contributed by atoms with Crippen molar-refractivity contribution in [2.24, 2.45) is 0 Å². The Morgan fingerprint density at radius 3 is 1.57 bits per heavy atom. The summed E-state index contributed by atoms with van der Waals surface area (Å²) in [7, 11) is 0. The molecule has 4 N–H and O–H groups in total. The van der Waals surface area contributed by atoms with Gasteiger partial charge in [0.2, 0.25) is 5.91 Å². The Bertz CT molecular complexity index is 660. The molecule has 0 bridgehead atoms. The number of carbonyl (C=O) groups excluding carboxylic acids is 1. The first kappa shape index (κ1) is 40.6. The monoisotopic (exact) mass is 592 g/mol.